The van der Waals surface area contributed by atoms with Crippen molar-refractivity contribution in [1.82, 2.24) is 4.57 Å². The summed E-state index contributed by atoms with van der Waals surface area (Å²) in [4.78, 5) is 1.37. The van der Waals surface area contributed by atoms with Gasteiger partial charge in [-0.15, -0.1) is 11.3 Å². The van der Waals surface area contributed by atoms with E-state index in [1.54, 1.807) is 11.3 Å². The molecule has 2 aromatic heterocycles. The number of allylic oxidation sites excluding steroid dienone is 1. The second-order valence-corrected chi connectivity index (χ2v) is 8.28. The van der Waals surface area contributed by atoms with Crippen molar-refractivity contribution in [1.29, 1.82) is 10.5 Å². The van der Waals surface area contributed by atoms with Crippen molar-refractivity contribution in [3.8, 4) is 17.1 Å². The molecule has 0 amide bonds. The van der Waals surface area contributed by atoms with Crippen LogP contribution in [0.25, 0.3) is 16.7 Å². The molecule has 0 N–H and O–H groups in total. The molecule has 4 rings (SSSR count). The van der Waals surface area contributed by atoms with Crippen LogP contribution < -0.4 is 0 Å². The predicted molar refractivity (Wildman–Crippen MR) is 114 cm³/mol. The summed E-state index contributed by atoms with van der Waals surface area (Å²) in [6, 6.07) is 16.6. The zero-order valence-electron chi connectivity index (χ0n) is 16.1. The second kappa shape index (κ2) is 7.50. The number of nitrogens with zero attached hydrogens (tertiary/aromatic N) is 3. The van der Waals surface area contributed by atoms with Crippen molar-refractivity contribution < 1.29 is 0 Å². The molecule has 2 heterocycles. The quantitative estimate of drug-likeness (QED) is 0.523. The first kappa shape index (κ1) is 18.3. The molecule has 0 unspecified atom stereocenters. The molecule has 28 heavy (non-hydrogen) atoms. The monoisotopic (exact) mass is 383 g/mol. The Morgan fingerprint density at radius 2 is 1.86 bits per heavy atom. The molecule has 0 atom stereocenters. The molecule has 0 saturated heterocycles. The van der Waals surface area contributed by atoms with Gasteiger partial charge < -0.3 is 4.57 Å². The number of benzene rings is 1. The Hall–Kier alpha value is -3.08. The molecule has 1 aliphatic rings. The van der Waals surface area contributed by atoms with Gasteiger partial charge in [0.25, 0.3) is 0 Å². The maximum atomic E-state index is 9.83. The standard InChI is InChI=1S/C24H21N3S/c1-16-12-19(13-20(14-25)18-8-4-3-5-9-18)17(2)27(16)24-22(15-26)21-10-6-7-11-23(21)28-24/h3-5,8-9,12-13H,6-7,10-11H2,1-2H3/b20-13+. The van der Waals surface area contributed by atoms with Crippen molar-refractivity contribution in [3.05, 3.63) is 74.9 Å². The average Bonchev–Trinajstić information content (AvgIpc) is 3.22. The predicted octanol–water partition coefficient (Wildman–Crippen LogP) is 5.97. The van der Waals surface area contributed by atoms with Crippen LogP contribution in [0.4, 0.5) is 0 Å². The lowest BCUT2D eigenvalue weighted by Crippen LogP contribution is -2.02. The number of aryl methyl sites for hydroxylation is 2. The first-order chi connectivity index (χ1) is 13.6. The fourth-order valence-corrected chi connectivity index (χ4v) is 5.47. The van der Waals surface area contributed by atoms with Crippen molar-refractivity contribution in [2.24, 2.45) is 0 Å². The van der Waals surface area contributed by atoms with Gasteiger partial charge in [0.05, 0.1) is 17.2 Å². The molecule has 0 spiro atoms. The largest absolute Gasteiger partial charge is 0.308 e. The molecule has 0 bridgehead atoms. The summed E-state index contributed by atoms with van der Waals surface area (Å²) in [7, 11) is 0. The minimum Gasteiger partial charge on any atom is -0.308 e. The smallest absolute Gasteiger partial charge is 0.118 e. The van der Waals surface area contributed by atoms with Gasteiger partial charge in [-0.25, -0.2) is 0 Å². The van der Waals surface area contributed by atoms with E-state index in [-0.39, 0.29) is 0 Å². The number of fused-ring (bicyclic) bond motifs is 1. The molecule has 1 aromatic carbocycles. The van der Waals surface area contributed by atoms with Gasteiger partial charge in [0.1, 0.15) is 11.1 Å². The Kier molecular flexibility index (Phi) is 4.90. The normalized spacial score (nSPS) is 13.6. The molecule has 4 heteroatoms. The van der Waals surface area contributed by atoms with Crippen LogP contribution in [0, 0.1) is 36.5 Å². The first-order valence-electron chi connectivity index (χ1n) is 9.55. The first-order valence-corrected chi connectivity index (χ1v) is 10.4. The van der Waals surface area contributed by atoms with Crippen molar-refractivity contribution in [2.75, 3.05) is 0 Å². The molecule has 0 fully saturated rings. The van der Waals surface area contributed by atoms with Crippen LogP contribution in [0.1, 0.15) is 51.4 Å². The summed E-state index contributed by atoms with van der Waals surface area (Å²) in [5, 5.41) is 20.5. The van der Waals surface area contributed by atoms with Gasteiger partial charge in [-0.2, -0.15) is 10.5 Å². The van der Waals surface area contributed by atoms with Gasteiger partial charge >= 0.3 is 0 Å². The van der Waals surface area contributed by atoms with E-state index in [1.807, 2.05) is 36.4 Å². The van der Waals surface area contributed by atoms with Crippen LogP contribution in [0.15, 0.2) is 36.4 Å². The van der Waals surface area contributed by atoms with Crippen LogP contribution in [0.2, 0.25) is 0 Å². The highest BCUT2D eigenvalue weighted by Crippen LogP contribution is 2.38. The number of hydrogen-bond acceptors (Lipinski definition) is 3. The lowest BCUT2D eigenvalue weighted by Gasteiger charge is -2.10. The van der Waals surface area contributed by atoms with Gasteiger partial charge in [-0.05, 0) is 68.4 Å². The summed E-state index contributed by atoms with van der Waals surface area (Å²) in [5.41, 5.74) is 6.82. The van der Waals surface area contributed by atoms with E-state index in [0.717, 1.165) is 52.3 Å². The van der Waals surface area contributed by atoms with E-state index in [9.17, 15) is 10.5 Å². The lowest BCUT2D eigenvalue weighted by atomic mass is 9.96. The highest BCUT2D eigenvalue weighted by Gasteiger charge is 2.23. The summed E-state index contributed by atoms with van der Waals surface area (Å²) < 4.78 is 2.19. The molecule has 0 radical (unpaired) electrons. The molecular weight excluding hydrogens is 362 g/mol. The summed E-state index contributed by atoms with van der Waals surface area (Å²) in [5.74, 6) is 0. The summed E-state index contributed by atoms with van der Waals surface area (Å²) in [6.07, 6.45) is 6.41. The Balaban J connectivity index is 1.84. The topological polar surface area (TPSA) is 52.5 Å². The third kappa shape index (κ3) is 3.07. The van der Waals surface area contributed by atoms with Crippen LogP contribution in [-0.4, -0.2) is 4.57 Å². The number of nitriles is 2. The Labute approximate surface area is 169 Å². The molecule has 138 valence electrons. The summed E-state index contributed by atoms with van der Waals surface area (Å²) >= 11 is 1.76. The van der Waals surface area contributed by atoms with E-state index in [2.05, 4.69) is 36.6 Å². The number of thiophene rings is 1. The maximum Gasteiger partial charge on any atom is 0.118 e. The van der Waals surface area contributed by atoms with E-state index in [0.29, 0.717) is 5.57 Å². The minimum absolute atomic E-state index is 0.645. The van der Waals surface area contributed by atoms with Gasteiger partial charge in [-0.1, -0.05) is 30.3 Å². The van der Waals surface area contributed by atoms with Gasteiger partial charge in [0, 0.05) is 16.3 Å². The fourth-order valence-electron chi connectivity index (χ4n) is 4.02. The molecule has 0 saturated carbocycles. The van der Waals surface area contributed by atoms with Crippen LogP contribution in [0.3, 0.4) is 0 Å². The molecule has 0 aliphatic heterocycles. The highest BCUT2D eigenvalue weighted by atomic mass is 32.1. The van der Waals surface area contributed by atoms with Crippen LogP contribution in [-0.2, 0) is 12.8 Å². The van der Waals surface area contributed by atoms with E-state index in [1.165, 1.54) is 16.9 Å². The van der Waals surface area contributed by atoms with Crippen molar-refractivity contribution >= 4 is 23.0 Å². The van der Waals surface area contributed by atoms with Crippen molar-refractivity contribution in [3.63, 3.8) is 0 Å². The SMILES string of the molecule is Cc1cc(/C=C(\C#N)c2ccccc2)c(C)n1-c1sc2c(c1C#N)CCCC2. The van der Waals surface area contributed by atoms with E-state index >= 15 is 0 Å². The molecule has 3 nitrogen and oxygen atoms in total. The Morgan fingerprint density at radius 1 is 1.11 bits per heavy atom. The van der Waals surface area contributed by atoms with Crippen LogP contribution >= 0.6 is 11.3 Å². The fraction of sp³-hybridized carbons (Fsp3) is 0.250. The second-order valence-electron chi connectivity index (χ2n) is 7.20. The maximum absolute atomic E-state index is 9.83. The Bertz CT molecular complexity index is 1150. The number of hydrogen-bond donors (Lipinski definition) is 0. The van der Waals surface area contributed by atoms with Gasteiger partial charge in [-0.3, -0.25) is 0 Å². The van der Waals surface area contributed by atoms with E-state index in [4.69, 9.17) is 0 Å². The zero-order chi connectivity index (χ0) is 19.7. The third-order valence-electron chi connectivity index (χ3n) is 5.44. The van der Waals surface area contributed by atoms with Gasteiger partial charge in [0.15, 0.2) is 0 Å². The minimum atomic E-state index is 0.645. The number of aromatic nitrogens is 1. The number of rotatable bonds is 3. The average molecular weight is 384 g/mol. The molecule has 3 aromatic rings. The zero-order valence-corrected chi connectivity index (χ0v) is 16.9. The van der Waals surface area contributed by atoms with Crippen molar-refractivity contribution in [2.45, 2.75) is 39.5 Å². The molecular formula is C24H21N3S. The van der Waals surface area contributed by atoms with Gasteiger partial charge in [0.2, 0.25) is 0 Å². The molecule has 1 aliphatic carbocycles. The Morgan fingerprint density at radius 3 is 2.57 bits per heavy atom. The highest BCUT2D eigenvalue weighted by molar-refractivity contribution is 7.15. The summed E-state index contributed by atoms with van der Waals surface area (Å²) in [6.45, 7) is 4.14. The lowest BCUT2D eigenvalue weighted by molar-refractivity contribution is 0.695. The van der Waals surface area contributed by atoms with E-state index < -0.39 is 0 Å². The third-order valence-corrected chi connectivity index (χ3v) is 6.72. The van der Waals surface area contributed by atoms with Crippen LogP contribution in [0.5, 0.6) is 0 Å².